The molecule has 3 nitrogen and oxygen atoms in total. The van der Waals surface area contributed by atoms with Crippen molar-refractivity contribution in [3.05, 3.63) is 11.6 Å². The molecule has 3 heteroatoms. The van der Waals surface area contributed by atoms with Gasteiger partial charge in [0.25, 0.3) is 0 Å². The van der Waals surface area contributed by atoms with Crippen LogP contribution >= 0.6 is 0 Å². The van der Waals surface area contributed by atoms with Crippen molar-refractivity contribution < 1.29 is 9.47 Å². The normalized spacial score (nSPS) is 18.6. The van der Waals surface area contributed by atoms with Crippen LogP contribution < -0.4 is 5.32 Å². The van der Waals surface area contributed by atoms with Crippen molar-refractivity contribution in [1.29, 1.82) is 0 Å². The van der Waals surface area contributed by atoms with Crippen molar-refractivity contribution in [3.63, 3.8) is 0 Å². The Kier molecular flexibility index (Phi) is 8.32. The molecule has 1 heterocycles. The van der Waals surface area contributed by atoms with Crippen LogP contribution in [0.25, 0.3) is 0 Å². The number of rotatable bonds is 8. The molecule has 0 spiro atoms. The van der Waals surface area contributed by atoms with Crippen LogP contribution in [0.1, 0.15) is 32.6 Å². The first kappa shape index (κ1) is 14.7. The lowest BCUT2D eigenvalue weighted by Gasteiger charge is -2.22. The smallest absolute Gasteiger partial charge is 0.0587 e. The van der Waals surface area contributed by atoms with E-state index in [1.165, 1.54) is 24.8 Å². The zero-order chi connectivity index (χ0) is 12.3. The monoisotopic (exact) mass is 241 g/mol. The van der Waals surface area contributed by atoms with E-state index in [9.17, 15) is 0 Å². The van der Waals surface area contributed by atoms with Crippen LogP contribution in [-0.2, 0) is 9.47 Å². The fraction of sp³-hybridized carbons (Fsp3) is 0.857. The average molecular weight is 241 g/mol. The topological polar surface area (TPSA) is 30.5 Å². The van der Waals surface area contributed by atoms with E-state index < -0.39 is 0 Å². The van der Waals surface area contributed by atoms with E-state index in [1.54, 1.807) is 7.11 Å². The maximum atomic E-state index is 5.38. The van der Waals surface area contributed by atoms with Gasteiger partial charge in [0, 0.05) is 26.9 Å². The second kappa shape index (κ2) is 9.63. The minimum atomic E-state index is 0.796. The molecule has 1 fully saturated rings. The standard InChI is InChI=1S/C14H27NO2/c1-13(4-3-7-15-8-11-16-2)12-14-5-9-17-10-6-14/h4,14-15H,3,5-12H2,1-2H3. The molecule has 0 aromatic heterocycles. The number of nitrogens with one attached hydrogen (secondary N) is 1. The number of allylic oxidation sites excluding steroid dienone is 1. The molecular weight excluding hydrogens is 214 g/mol. The van der Waals surface area contributed by atoms with E-state index >= 15 is 0 Å². The van der Waals surface area contributed by atoms with Crippen LogP contribution in [0.3, 0.4) is 0 Å². The Morgan fingerprint density at radius 3 is 2.82 bits per heavy atom. The first-order valence-corrected chi connectivity index (χ1v) is 6.76. The summed E-state index contributed by atoms with van der Waals surface area (Å²) < 4.78 is 10.4. The third kappa shape index (κ3) is 7.53. The lowest BCUT2D eigenvalue weighted by atomic mass is 9.92. The van der Waals surface area contributed by atoms with Crippen LogP contribution in [-0.4, -0.2) is 40.0 Å². The lowest BCUT2D eigenvalue weighted by molar-refractivity contribution is 0.0665. The molecule has 1 saturated heterocycles. The summed E-state index contributed by atoms with van der Waals surface area (Å²) >= 11 is 0. The van der Waals surface area contributed by atoms with Gasteiger partial charge in [-0.3, -0.25) is 0 Å². The highest BCUT2D eigenvalue weighted by atomic mass is 16.5. The highest BCUT2D eigenvalue weighted by Crippen LogP contribution is 2.22. The molecule has 0 aromatic carbocycles. The molecule has 0 unspecified atom stereocenters. The molecule has 1 rings (SSSR count). The molecule has 0 aliphatic carbocycles. The van der Waals surface area contributed by atoms with E-state index in [1.807, 2.05) is 0 Å². The summed E-state index contributed by atoms with van der Waals surface area (Å²) in [7, 11) is 1.74. The van der Waals surface area contributed by atoms with Gasteiger partial charge < -0.3 is 14.8 Å². The predicted octanol–water partition coefficient (Wildman–Crippen LogP) is 2.38. The summed E-state index contributed by atoms with van der Waals surface area (Å²) in [4.78, 5) is 0. The minimum Gasteiger partial charge on any atom is -0.383 e. The fourth-order valence-corrected chi connectivity index (χ4v) is 2.21. The van der Waals surface area contributed by atoms with Crippen molar-refractivity contribution in [2.24, 2.45) is 5.92 Å². The summed E-state index contributed by atoms with van der Waals surface area (Å²) in [6.07, 6.45) is 7.21. The van der Waals surface area contributed by atoms with Crippen LogP contribution in [0.15, 0.2) is 11.6 Å². The van der Waals surface area contributed by atoms with Gasteiger partial charge in [0.05, 0.1) is 6.61 Å². The molecule has 0 bridgehead atoms. The summed E-state index contributed by atoms with van der Waals surface area (Å²) in [6.45, 7) is 6.96. The molecule has 1 aliphatic rings. The van der Waals surface area contributed by atoms with E-state index in [4.69, 9.17) is 9.47 Å². The van der Waals surface area contributed by atoms with Gasteiger partial charge in [0.1, 0.15) is 0 Å². The molecule has 0 aromatic rings. The zero-order valence-corrected chi connectivity index (χ0v) is 11.3. The quantitative estimate of drug-likeness (QED) is 0.523. The number of hydrogen-bond acceptors (Lipinski definition) is 3. The summed E-state index contributed by atoms with van der Waals surface area (Å²) in [5.41, 5.74) is 1.53. The molecule has 0 amide bonds. The van der Waals surface area contributed by atoms with Gasteiger partial charge in [-0.1, -0.05) is 11.6 Å². The number of hydrogen-bond donors (Lipinski definition) is 1. The minimum absolute atomic E-state index is 0.796. The number of methoxy groups -OCH3 is 1. The largest absolute Gasteiger partial charge is 0.383 e. The molecule has 1 N–H and O–H groups in total. The van der Waals surface area contributed by atoms with Crippen LogP contribution in [0.2, 0.25) is 0 Å². The van der Waals surface area contributed by atoms with Crippen molar-refractivity contribution in [2.45, 2.75) is 32.6 Å². The molecular formula is C14H27NO2. The van der Waals surface area contributed by atoms with Gasteiger partial charge >= 0.3 is 0 Å². The fourth-order valence-electron chi connectivity index (χ4n) is 2.21. The first-order chi connectivity index (χ1) is 8.33. The Morgan fingerprint density at radius 2 is 2.12 bits per heavy atom. The zero-order valence-electron chi connectivity index (χ0n) is 11.3. The second-order valence-corrected chi connectivity index (χ2v) is 4.84. The van der Waals surface area contributed by atoms with Gasteiger partial charge in [-0.25, -0.2) is 0 Å². The maximum Gasteiger partial charge on any atom is 0.0587 e. The van der Waals surface area contributed by atoms with E-state index in [-0.39, 0.29) is 0 Å². The molecule has 1 aliphatic heterocycles. The molecule has 0 radical (unpaired) electrons. The SMILES string of the molecule is COCCNCCC=C(C)CC1CCOCC1. The van der Waals surface area contributed by atoms with Gasteiger partial charge in [0.2, 0.25) is 0 Å². The maximum absolute atomic E-state index is 5.38. The van der Waals surface area contributed by atoms with Crippen molar-refractivity contribution in [2.75, 3.05) is 40.0 Å². The Morgan fingerprint density at radius 1 is 1.35 bits per heavy atom. The third-order valence-corrected chi connectivity index (χ3v) is 3.25. The van der Waals surface area contributed by atoms with Crippen LogP contribution in [0.4, 0.5) is 0 Å². The van der Waals surface area contributed by atoms with Crippen molar-refractivity contribution in [1.82, 2.24) is 5.32 Å². The summed E-state index contributed by atoms with van der Waals surface area (Å²) in [6, 6.07) is 0. The highest BCUT2D eigenvalue weighted by Gasteiger charge is 2.13. The van der Waals surface area contributed by atoms with Crippen LogP contribution in [0.5, 0.6) is 0 Å². The average Bonchev–Trinajstić information content (AvgIpc) is 2.35. The van der Waals surface area contributed by atoms with E-state index in [2.05, 4.69) is 18.3 Å². The molecule has 100 valence electrons. The summed E-state index contributed by atoms with van der Waals surface area (Å²) in [5, 5.41) is 3.36. The molecule has 17 heavy (non-hydrogen) atoms. The Bertz CT molecular complexity index is 210. The highest BCUT2D eigenvalue weighted by molar-refractivity contribution is 4.99. The Hall–Kier alpha value is -0.380. The summed E-state index contributed by atoms with van der Waals surface area (Å²) in [5.74, 6) is 0.849. The molecule has 0 atom stereocenters. The van der Waals surface area contributed by atoms with E-state index in [0.29, 0.717) is 0 Å². The van der Waals surface area contributed by atoms with Crippen molar-refractivity contribution >= 4 is 0 Å². The van der Waals surface area contributed by atoms with Crippen LogP contribution in [0, 0.1) is 5.92 Å². The van der Waals surface area contributed by atoms with Crippen molar-refractivity contribution in [3.8, 4) is 0 Å². The Labute approximate surface area is 106 Å². The Balaban J connectivity index is 2.03. The van der Waals surface area contributed by atoms with Gasteiger partial charge in [-0.05, 0) is 45.1 Å². The van der Waals surface area contributed by atoms with Gasteiger partial charge in [-0.2, -0.15) is 0 Å². The van der Waals surface area contributed by atoms with E-state index in [0.717, 1.165) is 45.2 Å². The first-order valence-electron chi connectivity index (χ1n) is 6.76. The third-order valence-electron chi connectivity index (χ3n) is 3.25. The predicted molar refractivity (Wildman–Crippen MR) is 71.3 cm³/mol. The lowest BCUT2D eigenvalue weighted by Crippen LogP contribution is -2.20. The van der Waals surface area contributed by atoms with Gasteiger partial charge in [-0.15, -0.1) is 0 Å². The second-order valence-electron chi connectivity index (χ2n) is 4.84. The van der Waals surface area contributed by atoms with Gasteiger partial charge in [0.15, 0.2) is 0 Å². The number of ether oxygens (including phenoxy) is 2. The molecule has 0 saturated carbocycles.